The van der Waals surface area contributed by atoms with Gasteiger partial charge in [-0.3, -0.25) is 0 Å². The zero-order valence-corrected chi connectivity index (χ0v) is 8.88. The SMILES string of the molecule is CC(C)C1SSCC2CCC21. The molecule has 0 aromatic heterocycles. The van der Waals surface area contributed by atoms with Crippen LogP contribution in [0, 0.1) is 17.8 Å². The number of fused-ring (bicyclic) bond motifs is 1. The van der Waals surface area contributed by atoms with Crippen LogP contribution in [0.2, 0.25) is 0 Å². The van der Waals surface area contributed by atoms with Crippen LogP contribution in [0.1, 0.15) is 26.7 Å². The largest absolute Gasteiger partial charge is 0.0936 e. The van der Waals surface area contributed by atoms with Gasteiger partial charge < -0.3 is 0 Å². The van der Waals surface area contributed by atoms with E-state index in [0.29, 0.717) is 0 Å². The second-order valence-corrected chi connectivity index (χ2v) is 6.68. The standard InChI is InChI=1S/C9H16S2/c1-6(2)9-8-4-3-7(8)5-10-11-9/h6-9H,3-5H2,1-2H3. The molecule has 0 radical (unpaired) electrons. The third kappa shape index (κ3) is 1.44. The minimum Gasteiger partial charge on any atom is -0.0936 e. The van der Waals surface area contributed by atoms with Gasteiger partial charge in [0.05, 0.1) is 0 Å². The topological polar surface area (TPSA) is 0 Å². The summed E-state index contributed by atoms with van der Waals surface area (Å²) in [5.74, 6) is 4.49. The minimum absolute atomic E-state index is 0.889. The molecular formula is C9H16S2. The molecule has 1 aliphatic heterocycles. The van der Waals surface area contributed by atoms with Gasteiger partial charge in [0.2, 0.25) is 0 Å². The van der Waals surface area contributed by atoms with Gasteiger partial charge in [-0.15, -0.1) is 0 Å². The van der Waals surface area contributed by atoms with Crippen molar-refractivity contribution in [3.63, 3.8) is 0 Å². The Morgan fingerprint density at radius 3 is 2.55 bits per heavy atom. The van der Waals surface area contributed by atoms with Gasteiger partial charge in [0.25, 0.3) is 0 Å². The summed E-state index contributed by atoms with van der Waals surface area (Å²) in [6.07, 6.45) is 3.03. The van der Waals surface area contributed by atoms with Gasteiger partial charge in [-0.25, -0.2) is 0 Å². The molecule has 1 aliphatic carbocycles. The molecule has 3 atom stereocenters. The fourth-order valence-electron chi connectivity index (χ4n) is 2.12. The van der Waals surface area contributed by atoms with Crippen molar-refractivity contribution in [2.45, 2.75) is 31.9 Å². The molecule has 0 aromatic rings. The first-order valence-electron chi connectivity index (χ1n) is 4.57. The van der Waals surface area contributed by atoms with Crippen LogP contribution in [0.4, 0.5) is 0 Å². The summed E-state index contributed by atoms with van der Waals surface area (Å²) >= 11 is 0. The van der Waals surface area contributed by atoms with E-state index in [9.17, 15) is 0 Å². The van der Waals surface area contributed by atoms with Crippen molar-refractivity contribution in [2.75, 3.05) is 5.75 Å². The van der Waals surface area contributed by atoms with Gasteiger partial charge >= 0.3 is 0 Å². The average Bonchev–Trinajstić information content (AvgIpc) is 1.90. The van der Waals surface area contributed by atoms with E-state index in [-0.39, 0.29) is 0 Å². The van der Waals surface area contributed by atoms with E-state index in [2.05, 4.69) is 35.4 Å². The fraction of sp³-hybridized carbons (Fsp3) is 1.00. The molecular weight excluding hydrogens is 172 g/mol. The summed E-state index contributed by atoms with van der Waals surface area (Å²) < 4.78 is 0. The quantitative estimate of drug-likeness (QED) is 0.578. The Hall–Kier alpha value is 0.700. The third-order valence-corrected chi connectivity index (χ3v) is 6.32. The normalized spacial score (nSPS) is 43.4. The molecule has 64 valence electrons. The zero-order valence-electron chi connectivity index (χ0n) is 7.25. The monoisotopic (exact) mass is 188 g/mol. The maximum Gasteiger partial charge on any atom is 0.0205 e. The summed E-state index contributed by atoms with van der Waals surface area (Å²) in [7, 11) is 4.26. The maximum atomic E-state index is 2.37. The van der Waals surface area contributed by atoms with Gasteiger partial charge in [-0.05, 0) is 30.6 Å². The molecule has 2 aliphatic rings. The first-order valence-corrected chi connectivity index (χ1v) is 6.95. The van der Waals surface area contributed by atoms with Crippen LogP contribution in [-0.2, 0) is 0 Å². The molecule has 0 nitrogen and oxygen atoms in total. The summed E-state index contributed by atoms with van der Waals surface area (Å²) in [6, 6.07) is 0. The third-order valence-electron chi connectivity index (χ3n) is 3.02. The molecule has 0 N–H and O–H groups in total. The van der Waals surface area contributed by atoms with Crippen LogP contribution in [0.15, 0.2) is 0 Å². The Morgan fingerprint density at radius 1 is 1.27 bits per heavy atom. The van der Waals surface area contributed by atoms with Gasteiger partial charge in [0.1, 0.15) is 0 Å². The Labute approximate surface area is 77.3 Å². The lowest BCUT2D eigenvalue weighted by Crippen LogP contribution is -2.40. The highest BCUT2D eigenvalue weighted by atomic mass is 33.1. The predicted octanol–water partition coefficient (Wildman–Crippen LogP) is 3.43. The highest BCUT2D eigenvalue weighted by Crippen LogP contribution is 2.53. The van der Waals surface area contributed by atoms with E-state index in [1.165, 1.54) is 18.6 Å². The van der Waals surface area contributed by atoms with Crippen LogP contribution in [0.5, 0.6) is 0 Å². The molecule has 0 spiro atoms. The van der Waals surface area contributed by atoms with Crippen LogP contribution in [-0.4, -0.2) is 11.0 Å². The van der Waals surface area contributed by atoms with Crippen molar-refractivity contribution in [3.8, 4) is 0 Å². The Balaban J connectivity index is 1.98. The highest BCUT2D eigenvalue weighted by molar-refractivity contribution is 8.77. The highest BCUT2D eigenvalue weighted by Gasteiger charge is 2.41. The van der Waals surface area contributed by atoms with Gasteiger partial charge in [-0.1, -0.05) is 35.4 Å². The van der Waals surface area contributed by atoms with Crippen molar-refractivity contribution < 1.29 is 0 Å². The smallest absolute Gasteiger partial charge is 0.0205 e. The van der Waals surface area contributed by atoms with Gasteiger partial charge in [-0.2, -0.15) is 0 Å². The predicted molar refractivity (Wildman–Crippen MR) is 54.9 cm³/mol. The second kappa shape index (κ2) is 3.21. The summed E-state index contributed by atoms with van der Waals surface area (Å²) in [5, 5.41) is 0.965. The summed E-state index contributed by atoms with van der Waals surface area (Å²) in [4.78, 5) is 0. The zero-order chi connectivity index (χ0) is 7.84. The molecule has 0 aromatic carbocycles. The van der Waals surface area contributed by atoms with Crippen LogP contribution in [0.3, 0.4) is 0 Å². The molecule has 3 unspecified atom stereocenters. The van der Waals surface area contributed by atoms with Crippen LogP contribution >= 0.6 is 21.6 Å². The molecule has 1 saturated heterocycles. The number of hydrogen-bond donors (Lipinski definition) is 0. The molecule has 0 amide bonds. The molecule has 0 bridgehead atoms. The first kappa shape index (κ1) is 8.31. The maximum absolute atomic E-state index is 2.37. The van der Waals surface area contributed by atoms with Crippen molar-refractivity contribution in [2.24, 2.45) is 17.8 Å². The lowest BCUT2D eigenvalue weighted by Gasteiger charge is -2.46. The Bertz CT molecular complexity index is 144. The van der Waals surface area contributed by atoms with E-state index >= 15 is 0 Å². The van der Waals surface area contributed by atoms with Gasteiger partial charge in [0.15, 0.2) is 0 Å². The van der Waals surface area contributed by atoms with Crippen molar-refractivity contribution in [3.05, 3.63) is 0 Å². The fourth-order valence-corrected chi connectivity index (χ4v) is 5.99. The lowest BCUT2D eigenvalue weighted by atomic mass is 9.70. The first-order chi connectivity index (χ1) is 5.29. The van der Waals surface area contributed by atoms with E-state index in [4.69, 9.17) is 0 Å². The minimum atomic E-state index is 0.889. The van der Waals surface area contributed by atoms with E-state index in [1.807, 2.05) is 0 Å². The Morgan fingerprint density at radius 2 is 2.09 bits per heavy atom. The molecule has 1 heterocycles. The molecule has 2 rings (SSSR count). The number of rotatable bonds is 1. The lowest BCUT2D eigenvalue weighted by molar-refractivity contribution is 0.176. The summed E-state index contributed by atoms with van der Waals surface area (Å²) in [5.41, 5.74) is 0. The van der Waals surface area contributed by atoms with Crippen LogP contribution in [0.25, 0.3) is 0 Å². The average molecular weight is 188 g/mol. The molecule has 11 heavy (non-hydrogen) atoms. The summed E-state index contributed by atoms with van der Waals surface area (Å²) in [6.45, 7) is 4.75. The molecule has 2 fully saturated rings. The van der Waals surface area contributed by atoms with Crippen molar-refractivity contribution in [1.29, 1.82) is 0 Å². The number of hydrogen-bond acceptors (Lipinski definition) is 2. The van der Waals surface area contributed by atoms with E-state index in [1.54, 1.807) is 0 Å². The molecule has 2 heteroatoms. The van der Waals surface area contributed by atoms with E-state index in [0.717, 1.165) is 23.0 Å². The molecule has 1 saturated carbocycles. The second-order valence-electron chi connectivity index (χ2n) is 4.09. The van der Waals surface area contributed by atoms with E-state index < -0.39 is 0 Å². The van der Waals surface area contributed by atoms with Crippen LogP contribution < -0.4 is 0 Å². The van der Waals surface area contributed by atoms with Crippen molar-refractivity contribution >= 4 is 21.6 Å². The Kier molecular flexibility index (Phi) is 2.43. The van der Waals surface area contributed by atoms with Gasteiger partial charge in [0, 0.05) is 11.0 Å². The van der Waals surface area contributed by atoms with Crippen molar-refractivity contribution in [1.82, 2.24) is 0 Å².